The fourth-order valence-electron chi connectivity index (χ4n) is 1.37. The number of aromatic hydroxyl groups is 1. The molecule has 18 heavy (non-hydrogen) atoms. The van der Waals surface area contributed by atoms with E-state index in [1.807, 2.05) is 0 Å². The summed E-state index contributed by atoms with van der Waals surface area (Å²) in [5.74, 6) is -0.559. The molecule has 1 aromatic heterocycles. The van der Waals surface area contributed by atoms with Crippen LogP contribution in [-0.4, -0.2) is 16.0 Å². The number of amides is 1. The van der Waals surface area contributed by atoms with Crippen LogP contribution in [0.3, 0.4) is 0 Å². The number of carbonyl (C=O) groups is 1. The fourth-order valence-corrected chi connectivity index (χ4v) is 1.88. The molecule has 92 valence electrons. The number of carbonyl (C=O) groups excluding carboxylic acids is 1. The zero-order valence-electron chi connectivity index (χ0n) is 9.02. The quantitative estimate of drug-likeness (QED) is 0.830. The molecule has 0 aliphatic carbocycles. The van der Waals surface area contributed by atoms with Gasteiger partial charge in [-0.05, 0) is 30.3 Å². The Morgan fingerprint density at radius 2 is 2.17 bits per heavy atom. The lowest BCUT2D eigenvalue weighted by atomic mass is 10.2. The summed E-state index contributed by atoms with van der Waals surface area (Å²) in [7, 11) is 0. The summed E-state index contributed by atoms with van der Waals surface area (Å²) in [6.45, 7) is 0. The highest BCUT2D eigenvalue weighted by molar-refractivity contribution is 9.10. The molecule has 0 bridgehead atoms. The first-order chi connectivity index (χ1) is 8.58. The number of phenols is 1. The number of nitrogens with zero attached hydrogens (tertiary/aromatic N) is 1. The topological polar surface area (TPSA) is 62.2 Å². The van der Waals surface area contributed by atoms with E-state index in [2.05, 4.69) is 26.2 Å². The molecule has 2 N–H and O–H groups in total. The van der Waals surface area contributed by atoms with Crippen LogP contribution in [0.15, 0.2) is 41.0 Å². The van der Waals surface area contributed by atoms with Gasteiger partial charge in [0.2, 0.25) is 0 Å². The van der Waals surface area contributed by atoms with E-state index in [4.69, 9.17) is 11.6 Å². The maximum atomic E-state index is 11.9. The van der Waals surface area contributed by atoms with Crippen molar-refractivity contribution in [1.29, 1.82) is 0 Å². The van der Waals surface area contributed by atoms with Crippen molar-refractivity contribution in [2.75, 3.05) is 5.32 Å². The van der Waals surface area contributed by atoms with E-state index in [9.17, 15) is 9.90 Å². The van der Waals surface area contributed by atoms with Gasteiger partial charge in [0.25, 0.3) is 5.91 Å². The van der Waals surface area contributed by atoms with Gasteiger partial charge in [-0.3, -0.25) is 4.79 Å². The molecule has 0 spiro atoms. The van der Waals surface area contributed by atoms with Gasteiger partial charge >= 0.3 is 0 Å². The summed E-state index contributed by atoms with van der Waals surface area (Å²) in [4.78, 5) is 15.8. The lowest BCUT2D eigenvalue weighted by molar-refractivity contribution is 0.102. The van der Waals surface area contributed by atoms with Gasteiger partial charge < -0.3 is 10.4 Å². The first kappa shape index (κ1) is 12.9. The van der Waals surface area contributed by atoms with E-state index in [1.165, 1.54) is 18.3 Å². The first-order valence-electron chi connectivity index (χ1n) is 4.98. The molecular weight excluding hydrogens is 320 g/mol. The number of anilines is 1. The molecule has 2 aromatic rings. The van der Waals surface area contributed by atoms with Crippen LogP contribution in [0.1, 0.15) is 10.4 Å². The number of rotatable bonds is 2. The number of benzene rings is 1. The summed E-state index contributed by atoms with van der Waals surface area (Å²) in [5.41, 5.74) is 0.560. The summed E-state index contributed by atoms with van der Waals surface area (Å²) < 4.78 is 0.691. The maximum Gasteiger partial charge on any atom is 0.259 e. The molecule has 0 saturated carbocycles. The van der Waals surface area contributed by atoms with Crippen LogP contribution >= 0.6 is 27.5 Å². The highest BCUT2D eigenvalue weighted by Gasteiger charge is 2.13. The number of aromatic nitrogens is 1. The van der Waals surface area contributed by atoms with Crippen LogP contribution in [-0.2, 0) is 0 Å². The number of pyridine rings is 1. The maximum absolute atomic E-state index is 11.9. The zero-order chi connectivity index (χ0) is 13.1. The van der Waals surface area contributed by atoms with Crippen molar-refractivity contribution in [3.8, 4) is 5.75 Å². The van der Waals surface area contributed by atoms with E-state index in [1.54, 1.807) is 18.2 Å². The number of phenolic OH excluding ortho intramolecular Hbond substituents is 1. The minimum Gasteiger partial charge on any atom is -0.507 e. The van der Waals surface area contributed by atoms with Crippen LogP contribution < -0.4 is 5.32 Å². The van der Waals surface area contributed by atoms with Crippen molar-refractivity contribution in [2.24, 2.45) is 0 Å². The molecular formula is C12H8BrClN2O2. The number of hydrogen-bond donors (Lipinski definition) is 2. The van der Waals surface area contributed by atoms with Crippen LogP contribution in [0, 0.1) is 0 Å². The Kier molecular flexibility index (Phi) is 3.84. The van der Waals surface area contributed by atoms with Crippen LogP contribution in [0.2, 0.25) is 5.15 Å². The van der Waals surface area contributed by atoms with Crippen molar-refractivity contribution in [1.82, 2.24) is 4.98 Å². The molecule has 0 radical (unpaired) electrons. The Hall–Kier alpha value is -1.59. The molecule has 1 aromatic carbocycles. The van der Waals surface area contributed by atoms with Gasteiger partial charge in [-0.2, -0.15) is 0 Å². The molecule has 1 amide bonds. The number of nitrogens with one attached hydrogen (secondary N) is 1. The minimum absolute atomic E-state index is 0.109. The third kappa shape index (κ3) is 2.80. The van der Waals surface area contributed by atoms with Crippen molar-refractivity contribution < 1.29 is 9.90 Å². The van der Waals surface area contributed by atoms with Crippen molar-refractivity contribution in [2.45, 2.75) is 0 Å². The Labute approximate surface area is 117 Å². The van der Waals surface area contributed by atoms with Crippen molar-refractivity contribution in [3.63, 3.8) is 0 Å². The van der Waals surface area contributed by atoms with Crippen LogP contribution in [0.4, 0.5) is 5.69 Å². The summed E-state index contributed by atoms with van der Waals surface area (Å²) in [6.07, 6.45) is 1.52. The van der Waals surface area contributed by atoms with Gasteiger partial charge in [-0.15, -0.1) is 0 Å². The van der Waals surface area contributed by atoms with E-state index >= 15 is 0 Å². The monoisotopic (exact) mass is 326 g/mol. The largest absolute Gasteiger partial charge is 0.507 e. The van der Waals surface area contributed by atoms with E-state index in [-0.39, 0.29) is 16.5 Å². The molecule has 0 saturated heterocycles. The SMILES string of the molecule is O=C(Nc1cccnc1Cl)c1ccc(Br)cc1O. The molecule has 0 fully saturated rings. The van der Waals surface area contributed by atoms with E-state index in [0.717, 1.165) is 0 Å². The smallest absolute Gasteiger partial charge is 0.259 e. The van der Waals surface area contributed by atoms with E-state index < -0.39 is 5.91 Å². The Balaban J connectivity index is 2.25. The lowest BCUT2D eigenvalue weighted by Gasteiger charge is -2.07. The number of halogens is 2. The molecule has 6 heteroatoms. The van der Waals surface area contributed by atoms with Crippen molar-refractivity contribution in [3.05, 3.63) is 51.7 Å². The van der Waals surface area contributed by atoms with Gasteiger partial charge in [0.05, 0.1) is 11.3 Å². The zero-order valence-corrected chi connectivity index (χ0v) is 11.4. The third-order valence-corrected chi connectivity index (χ3v) is 3.01. The highest BCUT2D eigenvalue weighted by Crippen LogP contribution is 2.24. The molecule has 0 atom stereocenters. The summed E-state index contributed by atoms with van der Waals surface area (Å²) in [6, 6.07) is 7.91. The van der Waals surface area contributed by atoms with Crippen LogP contribution in [0.5, 0.6) is 5.75 Å². The summed E-state index contributed by atoms with van der Waals surface area (Å²) >= 11 is 9.03. The predicted octanol–water partition coefficient (Wildman–Crippen LogP) is 3.46. The van der Waals surface area contributed by atoms with Crippen molar-refractivity contribution >= 4 is 39.1 Å². The second kappa shape index (κ2) is 5.37. The third-order valence-electron chi connectivity index (χ3n) is 2.21. The average Bonchev–Trinajstić information content (AvgIpc) is 2.32. The van der Waals surface area contributed by atoms with Gasteiger partial charge in [-0.1, -0.05) is 27.5 Å². The fraction of sp³-hybridized carbons (Fsp3) is 0. The normalized spacial score (nSPS) is 10.1. The number of hydrogen-bond acceptors (Lipinski definition) is 3. The second-order valence-corrected chi connectivity index (χ2v) is 4.73. The molecule has 0 aliphatic heterocycles. The molecule has 2 rings (SSSR count). The van der Waals surface area contributed by atoms with Gasteiger partial charge in [0.15, 0.2) is 5.15 Å². The molecule has 1 heterocycles. The average molecular weight is 328 g/mol. The first-order valence-corrected chi connectivity index (χ1v) is 6.15. The standard InChI is InChI=1S/C12H8BrClN2O2/c13-7-3-4-8(10(17)6-7)12(18)16-9-2-1-5-15-11(9)14/h1-6,17H,(H,16,18). The Morgan fingerprint density at radius 1 is 1.39 bits per heavy atom. The van der Waals surface area contributed by atoms with Crippen LogP contribution in [0.25, 0.3) is 0 Å². The molecule has 0 unspecified atom stereocenters. The van der Waals surface area contributed by atoms with E-state index in [0.29, 0.717) is 10.2 Å². The predicted molar refractivity (Wildman–Crippen MR) is 73.0 cm³/mol. The molecule has 4 nitrogen and oxygen atoms in total. The van der Waals surface area contributed by atoms with Gasteiger partial charge in [-0.25, -0.2) is 4.98 Å². The summed E-state index contributed by atoms with van der Waals surface area (Å²) in [5, 5.41) is 12.4. The highest BCUT2D eigenvalue weighted by atomic mass is 79.9. The van der Waals surface area contributed by atoms with Gasteiger partial charge in [0, 0.05) is 10.7 Å². The minimum atomic E-state index is -0.449. The Morgan fingerprint density at radius 3 is 2.83 bits per heavy atom. The Bertz CT molecular complexity index is 604. The second-order valence-electron chi connectivity index (χ2n) is 3.46. The lowest BCUT2D eigenvalue weighted by Crippen LogP contribution is -2.12. The van der Waals surface area contributed by atoms with Gasteiger partial charge in [0.1, 0.15) is 5.75 Å². The molecule has 0 aliphatic rings.